The number of hydrogen-bond acceptors (Lipinski definition) is 2. The summed E-state index contributed by atoms with van der Waals surface area (Å²) in [7, 11) is 0. The minimum Gasteiger partial charge on any atom is -0.368 e. The summed E-state index contributed by atoms with van der Waals surface area (Å²) in [5.41, 5.74) is 0. The Bertz CT molecular complexity index is 313. The zero-order valence-electron chi connectivity index (χ0n) is 9.93. The molecule has 0 radical (unpaired) electrons. The van der Waals surface area contributed by atoms with Crippen LogP contribution in [0.4, 0.5) is 26.3 Å². The van der Waals surface area contributed by atoms with Crippen molar-refractivity contribution in [2.45, 2.75) is 43.8 Å². The molecular formula is C11H14F6O2. The highest BCUT2D eigenvalue weighted by molar-refractivity contribution is 4.99. The summed E-state index contributed by atoms with van der Waals surface area (Å²) >= 11 is 0. The molecule has 0 aromatic carbocycles. The van der Waals surface area contributed by atoms with Crippen molar-refractivity contribution < 1.29 is 35.8 Å². The molecule has 0 N–H and O–H groups in total. The van der Waals surface area contributed by atoms with E-state index >= 15 is 0 Å². The van der Waals surface area contributed by atoms with Gasteiger partial charge in [0.1, 0.15) is 13.2 Å². The summed E-state index contributed by atoms with van der Waals surface area (Å²) in [5, 5.41) is 0. The molecule has 0 aromatic heterocycles. The third kappa shape index (κ3) is 3.98. The second kappa shape index (κ2) is 5.12. The average Bonchev–Trinajstić information content (AvgIpc) is 2.78. The molecule has 2 nitrogen and oxygen atoms in total. The zero-order valence-corrected chi connectivity index (χ0v) is 9.93. The van der Waals surface area contributed by atoms with E-state index in [1.165, 1.54) is 0 Å². The molecule has 2 fully saturated rings. The van der Waals surface area contributed by atoms with E-state index < -0.39 is 37.8 Å². The minimum atomic E-state index is -4.41. The van der Waals surface area contributed by atoms with Gasteiger partial charge in [0.25, 0.3) is 0 Å². The highest BCUT2D eigenvalue weighted by Gasteiger charge is 2.51. The van der Waals surface area contributed by atoms with Crippen molar-refractivity contribution in [2.24, 2.45) is 11.8 Å². The first-order valence-electron chi connectivity index (χ1n) is 6.02. The van der Waals surface area contributed by atoms with Gasteiger partial charge in [0, 0.05) is 5.92 Å². The zero-order chi connectivity index (χ0) is 14.3. The maximum Gasteiger partial charge on any atom is 0.411 e. The van der Waals surface area contributed by atoms with E-state index in [0.717, 1.165) is 0 Å². The van der Waals surface area contributed by atoms with Crippen molar-refractivity contribution >= 4 is 0 Å². The van der Waals surface area contributed by atoms with Gasteiger partial charge in [-0.1, -0.05) is 0 Å². The van der Waals surface area contributed by atoms with E-state index in [1.54, 1.807) is 0 Å². The van der Waals surface area contributed by atoms with Gasteiger partial charge in [-0.25, -0.2) is 0 Å². The third-order valence-electron chi connectivity index (χ3n) is 3.67. The summed E-state index contributed by atoms with van der Waals surface area (Å²) in [5.74, 6) is -0.472. The lowest BCUT2D eigenvalue weighted by molar-refractivity contribution is -0.199. The fourth-order valence-electron chi connectivity index (χ4n) is 3.05. The van der Waals surface area contributed by atoms with Gasteiger partial charge in [0.2, 0.25) is 0 Å². The lowest BCUT2D eigenvalue weighted by Gasteiger charge is -2.23. The molecule has 112 valence electrons. The Labute approximate surface area is 106 Å². The van der Waals surface area contributed by atoms with Crippen LogP contribution >= 0.6 is 0 Å². The fourth-order valence-corrected chi connectivity index (χ4v) is 3.05. The van der Waals surface area contributed by atoms with Gasteiger partial charge in [-0.05, 0) is 25.2 Å². The number of alkyl halides is 6. The van der Waals surface area contributed by atoms with Crippen LogP contribution in [0.2, 0.25) is 0 Å². The van der Waals surface area contributed by atoms with Gasteiger partial charge < -0.3 is 9.47 Å². The number of hydrogen-bond donors (Lipinski definition) is 0. The molecule has 0 saturated heterocycles. The predicted molar refractivity (Wildman–Crippen MR) is 52.4 cm³/mol. The molecule has 2 aliphatic carbocycles. The SMILES string of the molecule is FC(F)(F)CO[C@H]1[C@H]2CC[C@@H]1[C@@H](OCC(F)(F)F)C2. The molecule has 0 spiro atoms. The second-order valence-electron chi connectivity index (χ2n) is 5.09. The first kappa shape index (κ1) is 14.9. The van der Waals surface area contributed by atoms with E-state index in [0.29, 0.717) is 19.3 Å². The predicted octanol–water partition coefficient (Wildman–Crippen LogP) is 3.31. The second-order valence-corrected chi connectivity index (χ2v) is 5.09. The first-order chi connectivity index (χ1) is 8.66. The molecule has 2 saturated carbocycles. The maximum absolute atomic E-state index is 12.1. The molecule has 2 rings (SSSR count). The number of ether oxygens (including phenoxy) is 2. The summed E-state index contributed by atoms with van der Waals surface area (Å²) in [6, 6.07) is 0. The molecule has 4 atom stereocenters. The fraction of sp³-hybridized carbons (Fsp3) is 1.00. The molecule has 0 amide bonds. The Morgan fingerprint density at radius 3 is 2.00 bits per heavy atom. The summed E-state index contributed by atoms with van der Waals surface area (Å²) < 4.78 is 82.0. The lowest BCUT2D eigenvalue weighted by Crippen LogP contribution is -2.31. The molecule has 19 heavy (non-hydrogen) atoms. The molecule has 0 unspecified atom stereocenters. The molecule has 0 heterocycles. The highest BCUT2D eigenvalue weighted by atomic mass is 19.4. The van der Waals surface area contributed by atoms with Gasteiger partial charge in [0.05, 0.1) is 12.2 Å². The van der Waals surface area contributed by atoms with E-state index in [-0.39, 0.29) is 11.8 Å². The molecule has 2 aliphatic rings. The maximum atomic E-state index is 12.1. The molecule has 8 heteroatoms. The minimum absolute atomic E-state index is 0.120. The van der Waals surface area contributed by atoms with E-state index in [1.807, 2.05) is 0 Å². The largest absolute Gasteiger partial charge is 0.411 e. The van der Waals surface area contributed by atoms with Crippen LogP contribution < -0.4 is 0 Å². The third-order valence-corrected chi connectivity index (χ3v) is 3.67. The van der Waals surface area contributed by atoms with E-state index in [9.17, 15) is 26.3 Å². The normalized spacial score (nSPS) is 35.1. The Kier molecular flexibility index (Phi) is 4.02. The van der Waals surface area contributed by atoms with E-state index in [4.69, 9.17) is 9.47 Å². The molecular weight excluding hydrogens is 278 g/mol. The van der Waals surface area contributed by atoms with Crippen LogP contribution in [-0.4, -0.2) is 37.8 Å². The van der Waals surface area contributed by atoms with Crippen molar-refractivity contribution in [1.82, 2.24) is 0 Å². The average molecular weight is 292 g/mol. The molecule has 0 aromatic rings. The number of halogens is 6. The first-order valence-corrected chi connectivity index (χ1v) is 6.02. The van der Waals surface area contributed by atoms with Crippen LogP contribution in [0.3, 0.4) is 0 Å². The lowest BCUT2D eigenvalue weighted by atomic mass is 9.98. The van der Waals surface area contributed by atoms with Gasteiger partial charge >= 0.3 is 12.4 Å². The smallest absolute Gasteiger partial charge is 0.368 e. The Morgan fingerprint density at radius 2 is 1.42 bits per heavy atom. The van der Waals surface area contributed by atoms with Crippen LogP contribution in [0.25, 0.3) is 0 Å². The van der Waals surface area contributed by atoms with Crippen LogP contribution in [-0.2, 0) is 9.47 Å². The van der Waals surface area contributed by atoms with Gasteiger partial charge in [-0.3, -0.25) is 0 Å². The van der Waals surface area contributed by atoms with Crippen LogP contribution in [0, 0.1) is 11.8 Å². The Hall–Kier alpha value is -0.500. The highest BCUT2D eigenvalue weighted by Crippen LogP contribution is 2.48. The van der Waals surface area contributed by atoms with Crippen LogP contribution in [0.5, 0.6) is 0 Å². The summed E-state index contributed by atoms with van der Waals surface area (Å²) in [6.07, 6.45) is -8.48. The van der Waals surface area contributed by atoms with Gasteiger partial charge in [0.15, 0.2) is 0 Å². The van der Waals surface area contributed by atoms with Crippen molar-refractivity contribution in [3.63, 3.8) is 0 Å². The molecule has 0 aliphatic heterocycles. The van der Waals surface area contributed by atoms with Crippen molar-refractivity contribution in [3.05, 3.63) is 0 Å². The van der Waals surface area contributed by atoms with Gasteiger partial charge in [-0.15, -0.1) is 0 Å². The topological polar surface area (TPSA) is 18.5 Å². The van der Waals surface area contributed by atoms with Crippen molar-refractivity contribution in [2.75, 3.05) is 13.2 Å². The Balaban J connectivity index is 1.84. The Morgan fingerprint density at radius 1 is 0.842 bits per heavy atom. The number of rotatable bonds is 4. The standard InChI is InChI=1S/C11H14F6O2/c12-10(13,14)4-18-8-3-6-1-2-7(8)9(6)19-5-11(15,16)17/h6-9H,1-5H2/t6-,7+,8-,9-/m0/s1. The van der Waals surface area contributed by atoms with Crippen molar-refractivity contribution in [3.8, 4) is 0 Å². The number of fused-ring (bicyclic) bond motifs is 2. The van der Waals surface area contributed by atoms with E-state index in [2.05, 4.69) is 0 Å². The quantitative estimate of drug-likeness (QED) is 0.740. The summed E-state index contributed by atoms with van der Waals surface area (Å²) in [4.78, 5) is 0. The summed E-state index contributed by atoms with van der Waals surface area (Å²) in [6.45, 7) is -2.70. The van der Waals surface area contributed by atoms with Crippen LogP contribution in [0.15, 0.2) is 0 Å². The van der Waals surface area contributed by atoms with Crippen molar-refractivity contribution in [1.29, 1.82) is 0 Å². The molecule has 2 bridgehead atoms. The van der Waals surface area contributed by atoms with Crippen LogP contribution in [0.1, 0.15) is 19.3 Å². The van der Waals surface area contributed by atoms with Gasteiger partial charge in [-0.2, -0.15) is 26.3 Å². The monoisotopic (exact) mass is 292 g/mol.